The highest BCUT2D eigenvalue weighted by Crippen LogP contribution is 2.45. The first-order valence-corrected chi connectivity index (χ1v) is 15.3. The van der Waals surface area contributed by atoms with Gasteiger partial charge in [0.25, 0.3) is 23.3 Å². The Kier molecular flexibility index (Phi) is 11.1. The van der Waals surface area contributed by atoms with Gasteiger partial charge in [-0.3, -0.25) is 4.79 Å². The van der Waals surface area contributed by atoms with Gasteiger partial charge in [-0.25, -0.2) is 24.0 Å². The first-order valence-electron chi connectivity index (χ1n) is 15.3. The molecular weight excluding hydrogens is 632 g/mol. The zero-order valence-corrected chi connectivity index (χ0v) is 26.7. The van der Waals surface area contributed by atoms with Crippen LogP contribution in [0.25, 0.3) is 0 Å². The predicted molar refractivity (Wildman–Crippen MR) is 162 cm³/mol. The number of esters is 6. The third-order valence-corrected chi connectivity index (χ3v) is 7.52. The summed E-state index contributed by atoms with van der Waals surface area (Å²) in [6, 6.07) is 0. The molecule has 1 N–H and O–H groups in total. The molecule has 0 aromatic carbocycles. The molecule has 4 rings (SSSR count). The summed E-state index contributed by atoms with van der Waals surface area (Å²) in [6.07, 6.45) is 14.5. The molecule has 0 aromatic heterocycles. The highest BCUT2D eigenvalue weighted by atomic mass is 16.8. The maximum atomic E-state index is 12.8. The molecule has 256 valence electrons. The molecule has 1 aliphatic carbocycles. The third-order valence-electron chi connectivity index (χ3n) is 7.52. The van der Waals surface area contributed by atoms with Gasteiger partial charge in [0.05, 0.1) is 13.0 Å². The molecule has 1 saturated carbocycles. The van der Waals surface area contributed by atoms with Crippen LogP contribution in [0.2, 0.25) is 0 Å². The quantitative estimate of drug-likeness (QED) is 0.115. The molecule has 14 heteroatoms. The molecule has 0 aromatic rings. The SMILES string of the molecule is C/C=C/C=C/C=C1C(=O)OC2(CCC3(CC2)OC(=O)C(/C=C/C=C/C=C2C(=O)OC(C)(CCC(=O)OCCC)OC2=O)=C(O)O3)OC1=O. The Bertz CT molecular complexity index is 1520. The molecule has 2 saturated heterocycles. The van der Waals surface area contributed by atoms with Crippen molar-refractivity contribution in [2.75, 3.05) is 6.61 Å². The van der Waals surface area contributed by atoms with Crippen LogP contribution in [0.4, 0.5) is 0 Å². The normalized spacial score (nSPS) is 27.8. The van der Waals surface area contributed by atoms with E-state index in [0.29, 0.717) is 6.42 Å². The Balaban J connectivity index is 1.32. The lowest BCUT2D eigenvalue weighted by molar-refractivity contribution is -0.297. The van der Waals surface area contributed by atoms with Gasteiger partial charge in [0.2, 0.25) is 0 Å². The fourth-order valence-electron chi connectivity index (χ4n) is 4.97. The lowest BCUT2D eigenvalue weighted by Crippen LogP contribution is -2.54. The Hall–Kier alpha value is -5.40. The van der Waals surface area contributed by atoms with E-state index in [4.69, 9.17) is 33.2 Å². The van der Waals surface area contributed by atoms with Crippen LogP contribution in [0.3, 0.4) is 0 Å². The van der Waals surface area contributed by atoms with Gasteiger partial charge in [-0.15, -0.1) is 0 Å². The van der Waals surface area contributed by atoms with Crippen molar-refractivity contribution in [2.45, 2.75) is 83.1 Å². The van der Waals surface area contributed by atoms with E-state index < -0.39 is 64.7 Å². The Labute approximate surface area is 275 Å². The summed E-state index contributed by atoms with van der Waals surface area (Å²) in [5.41, 5.74) is -0.962. The van der Waals surface area contributed by atoms with Gasteiger partial charge in [-0.1, -0.05) is 49.5 Å². The second-order valence-corrected chi connectivity index (χ2v) is 11.3. The van der Waals surface area contributed by atoms with Crippen molar-refractivity contribution in [3.8, 4) is 0 Å². The molecule has 0 radical (unpaired) electrons. The van der Waals surface area contributed by atoms with Crippen molar-refractivity contribution in [3.05, 3.63) is 83.4 Å². The maximum absolute atomic E-state index is 12.8. The largest absolute Gasteiger partial charge is 0.480 e. The molecule has 3 heterocycles. The van der Waals surface area contributed by atoms with Crippen LogP contribution in [0.15, 0.2) is 83.4 Å². The van der Waals surface area contributed by atoms with Crippen LogP contribution in [0.5, 0.6) is 0 Å². The fraction of sp³-hybridized carbons (Fsp3) is 0.412. The lowest BCUT2D eigenvalue weighted by atomic mass is 9.87. The lowest BCUT2D eigenvalue weighted by Gasteiger charge is -2.46. The Morgan fingerprint density at radius 3 is 1.75 bits per heavy atom. The van der Waals surface area contributed by atoms with E-state index in [9.17, 15) is 33.9 Å². The summed E-state index contributed by atoms with van der Waals surface area (Å²) < 4.78 is 37.5. The molecule has 0 atom stereocenters. The average Bonchev–Trinajstić information content (AvgIpc) is 3.02. The first-order chi connectivity index (χ1) is 22.8. The summed E-state index contributed by atoms with van der Waals surface area (Å²) in [5.74, 6) is -10.4. The van der Waals surface area contributed by atoms with E-state index in [1.54, 1.807) is 18.2 Å². The van der Waals surface area contributed by atoms with Gasteiger partial charge in [0, 0.05) is 39.0 Å². The molecule has 0 amide bonds. The minimum atomic E-state index is -1.63. The molecule has 3 fully saturated rings. The van der Waals surface area contributed by atoms with Gasteiger partial charge in [0.15, 0.2) is 0 Å². The molecule has 2 spiro atoms. The van der Waals surface area contributed by atoms with E-state index >= 15 is 0 Å². The number of hydrogen-bond donors (Lipinski definition) is 1. The van der Waals surface area contributed by atoms with Crippen LogP contribution in [0, 0.1) is 0 Å². The molecule has 14 nitrogen and oxygen atoms in total. The Morgan fingerprint density at radius 1 is 0.729 bits per heavy atom. The standard InChI is InChI=1S/C34H36O14/c1-4-6-7-9-12-23-28(38)45-33(46-29(23)39)17-19-34(20-18-33)47-30(40)24(31(41)48-34)14-11-8-10-13-22-26(36)43-32(3,44-27(22)37)16-15-25(35)42-21-5-2/h4,6-14,40H,5,15-21H2,1-3H3/b6-4+,9-7+,10-8+,14-11+,22-13?,23-12?. The van der Waals surface area contributed by atoms with Crippen LogP contribution >= 0.6 is 0 Å². The summed E-state index contributed by atoms with van der Waals surface area (Å²) >= 11 is 0. The number of cyclic esters (lactones) is 2. The average molecular weight is 669 g/mol. The van der Waals surface area contributed by atoms with Gasteiger partial charge < -0.3 is 38.3 Å². The molecule has 4 aliphatic rings. The van der Waals surface area contributed by atoms with Crippen LogP contribution in [0.1, 0.15) is 65.7 Å². The van der Waals surface area contributed by atoms with Crippen molar-refractivity contribution < 1.29 is 67.0 Å². The van der Waals surface area contributed by atoms with Crippen molar-refractivity contribution >= 4 is 35.8 Å². The predicted octanol–water partition coefficient (Wildman–Crippen LogP) is 4.04. The van der Waals surface area contributed by atoms with Gasteiger partial charge in [-0.2, -0.15) is 0 Å². The summed E-state index contributed by atoms with van der Waals surface area (Å²) in [5, 5.41) is 10.5. The van der Waals surface area contributed by atoms with Gasteiger partial charge in [-0.05, 0) is 31.6 Å². The van der Waals surface area contributed by atoms with E-state index in [-0.39, 0.29) is 56.3 Å². The van der Waals surface area contributed by atoms with Crippen molar-refractivity contribution in [2.24, 2.45) is 0 Å². The molecule has 0 bridgehead atoms. The van der Waals surface area contributed by atoms with Gasteiger partial charge in [0.1, 0.15) is 16.7 Å². The molecule has 3 aliphatic heterocycles. The maximum Gasteiger partial charge on any atom is 0.348 e. The van der Waals surface area contributed by atoms with E-state index in [1.165, 1.54) is 43.4 Å². The van der Waals surface area contributed by atoms with Crippen molar-refractivity contribution in [1.29, 1.82) is 0 Å². The monoisotopic (exact) mass is 668 g/mol. The number of allylic oxidation sites excluding steroid dienone is 9. The minimum Gasteiger partial charge on any atom is -0.480 e. The number of aliphatic hydroxyl groups excluding tert-OH is 1. The number of ether oxygens (including phenoxy) is 7. The highest BCUT2D eigenvalue weighted by Gasteiger charge is 2.56. The van der Waals surface area contributed by atoms with Crippen molar-refractivity contribution in [3.63, 3.8) is 0 Å². The third kappa shape index (κ3) is 8.49. The minimum absolute atomic E-state index is 0.0508. The second kappa shape index (κ2) is 15.0. The highest BCUT2D eigenvalue weighted by molar-refractivity contribution is 6.16. The number of rotatable bonds is 10. The second-order valence-electron chi connectivity index (χ2n) is 11.3. The van der Waals surface area contributed by atoms with E-state index in [1.807, 2.05) is 13.8 Å². The van der Waals surface area contributed by atoms with E-state index in [0.717, 1.165) is 6.08 Å². The van der Waals surface area contributed by atoms with Crippen LogP contribution < -0.4 is 0 Å². The number of hydrogen-bond acceptors (Lipinski definition) is 14. The number of aliphatic hydroxyl groups is 1. The number of carbonyl (C=O) groups is 6. The Morgan fingerprint density at radius 2 is 1.23 bits per heavy atom. The summed E-state index contributed by atoms with van der Waals surface area (Å²) in [4.78, 5) is 74.5. The zero-order valence-electron chi connectivity index (χ0n) is 26.7. The molecule has 48 heavy (non-hydrogen) atoms. The van der Waals surface area contributed by atoms with Crippen LogP contribution in [-0.4, -0.2) is 64.9 Å². The summed E-state index contributed by atoms with van der Waals surface area (Å²) in [7, 11) is 0. The fourth-order valence-corrected chi connectivity index (χ4v) is 4.97. The number of carbonyl (C=O) groups excluding carboxylic acids is 6. The molecular formula is C34H36O14. The van der Waals surface area contributed by atoms with E-state index in [2.05, 4.69) is 0 Å². The smallest absolute Gasteiger partial charge is 0.348 e. The van der Waals surface area contributed by atoms with Crippen LogP contribution in [-0.2, 0) is 61.9 Å². The summed E-state index contributed by atoms with van der Waals surface area (Å²) in [6.45, 7) is 5.28. The topological polar surface area (TPSA) is 187 Å². The zero-order chi connectivity index (χ0) is 35.0. The van der Waals surface area contributed by atoms with Crippen molar-refractivity contribution in [1.82, 2.24) is 0 Å². The first kappa shape index (κ1) is 35.5. The molecule has 0 unspecified atom stereocenters. The van der Waals surface area contributed by atoms with Gasteiger partial charge >= 0.3 is 35.8 Å².